The molecule has 1 aliphatic carbocycles. The third-order valence-corrected chi connectivity index (χ3v) is 7.89. The van der Waals surface area contributed by atoms with Crippen molar-refractivity contribution in [1.82, 2.24) is 4.98 Å². The van der Waals surface area contributed by atoms with Crippen molar-refractivity contribution in [2.45, 2.75) is 110 Å². The molecule has 1 aromatic carbocycles. The van der Waals surface area contributed by atoms with Crippen molar-refractivity contribution in [3.8, 4) is 28.8 Å². The van der Waals surface area contributed by atoms with Crippen LogP contribution in [0.5, 0.6) is 11.5 Å². The standard InChI is InChI=1S/C33H46N2O3/c1-3-5-7-9-11-21-33(26-34)22-19-28(20-23-33)32(36)38-29-15-13-27(14-16-29)31-18-17-30(25-35-31)37-24-12-10-8-6-4-2/h13-18,25,28H,3-12,19-24H2,1-2H3/t28-,33-. The molecule has 1 heterocycles. The van der Waals surface area contributed by atoms with Crippen molar-refractivity contribution in [1.29, 1.82) is 5.26 Å². The summed E-state index contributed by atoms with van der Waals surface area (Å²) in [5.74, 6) is 1.03. The Labute approximate surface area is 230 Å². The van der Waals surface area contributed by atoms with E-state index < -0.39 is 0 Å². The summed E-state index contributed by atoms with van der Waals surface area (Å²) in [6.45, 7) is 5.16. The molecule has 1 saturated carbocycles. The first-order valence-electron chi connectivity index (χ1n) is 14.9. The number of hydrogen-bond donors (Lipinski definition) is 0. The summed E-state index contributed by atoms with van der Waals surface area (Å²) in [6.07, 6.45) is 17.9. The van der Waals surface area contributed by atoms with Gasteiger partial charge in [-0.2, -0.15) is 5.26 Å². The van der Waals surface area contributed by atoms with Crippen LogP contribution in [0.2, 0.25) is 0 Å². The molecular formula is C33H46N2O3. The zero-order valence-corrected chi connectivity index (χ0v) is 23.6. The summed E-state index contributed by atoms with van der Waals surface area (Å²) in [7, 11) is 0. The fourth-order valence-corrected chi connectivity index (χ4v) is 5.32. The minimum absolute atomic E-state index is 0.128. The number of rotatable bonds is 16. The number of esters is 1. The van der Waals surface area contributed by atoms with Gasteiger partial charge in [-0.25, -0.2) is 0 Å². The van der Waals surface area contributed by atoms with Gasteiger partial charge in [0.05, 0.1) is 35.9 Å². The van der Waals surface area contributed by atoms with Crippen LogP contribution >= 0.6 is 0 Å². The highest BCUT2D eigenvalue weighted by molar-refractivity contribution is 5.75. The Morgan fingerprint density at radius 3 is 2.13 bits per heavy atom. The number of carbonyl (C=O) groups excluding carboxylic acids is 1. The zero-order valence-electron chi connectivity index (χ0n) is 23.6. The Morgan fingerprint density at radius 1 is 0.895 bits per heavy atom. The number of hydrogen-bond acceptors (Lipinski definition) is 5. The highest BCUT2D eigenvalue weighted by atomic mass is 16.5. The van der Waals surface area contributed by atoms with E-state index in [4.69, 9.17) is 9.47 Å². The highest BCUT2D eigenvalue weighted by Crippen LogP contribution is 2.43. The van der Waals surface area contributed by atoms with Gasteiger partial charge in [0.25, 0.3) is 0 Å². The Morgan fingerprint density at radius 2 is 1.53 bits per heavy atom. The number of aromatic nitrogens is 1. The second kappa shape index (κ2) is 16.2. The summed E-state index contributed by atoms with van der Waals surface area (Å²) in [5, 5.41) is 9.84. The maximum absolute atomic E-state index is 12.8. The lowest BCUT2D eigenvalue weighted by molar-refractivity contribution is -0.140. The molecule has 0 atom stereocenters. The Bertz CT molecular complexity index is 986. The van der Waals surface area contributed by atoms with E-state index in [0.717, 1.165) is 68.6 Å². The van der Waals surface area contributed by atoms with E-state index in [2.05, 4.69) is 24.9 Å². The lowest BCUT2D eigenvalue weighted by atomic mass is 9.69. The van der Waals surface area contributed by atoms with Crippen LogP contribution in [-0.2, 0) is 4.79 Å². The summed E-state index contributed by atoms with van der Waals surface area (Å²) in [5.41, 5.74) is 1.56. The summed E-state index contributed by atoms with van der Waals surface area (Å²) in [6, 6.07) is 14.0. The molecule has 2 aromatic rings. The lowest BCUT2D eigenvalue weighted by Crippen LogP contribution is -2.31. The predicted molar refractivity (Wildman–Crippen MR) is 153 cm³/mol. The molecular weight excluding hydrogens is 472 g/mol. The van der Waals surface area contributed by atoms with Crippen molar-refractivity contribution in [2.24, 2.45) is 11.3 Å². The first-order chi connectivity index (χ1) is 18.6. The summed E-state index contributed by atoms with van der Waals surface area (Å²) < 4.78 is 11.5. The number of nitrogens with zero attached hydrogens (tertiary/aromatic N) is 2. The molecule has 5 nitrogen and oxygen atoms in total. The predicted octanol–water partition coefficient (Wildman–Crippen LogP) is 9.06. The van der Waals surface area contributed by atoms with Crippen molar-refractivity contribution >= 4 is 5.97 Å². The summed E-state index contributed by atoms with van der Waals surface area (Å²) in [4.78, 5) is 17.4. The van der Waals surface area contributed by atoms with Crippen LogP contribution in [0, 0.1) is 22.7 Å². The molecule has 0 spiro atoms. The number of benzene rings is 1. The molecule has 38 heavy (non-hydrogen) atoms. The third-order valence-electron chi connectivity index (χ3n) is 7.89. The van der Waals surface area contributed by atoms with Crippen LogP contribution < -0.4 is 9.47 Å². The van der Waals surface area contributed by atoms with E-state index in [1.54, 1.807) is 6.20 Å². The summed E-state index contributed by atoms with van der Waals surface area (Å²) >= 11 is 0. The van der Waals surface area contributed by atoms with Gasteiger partial charge in [-0.3, -0.25) is 9.78 Å². The Balaban J connectivity index is 1.42. The van der Waals surface area contributed by atoms with Gasteiger partial charge in [0.1, 0.15) is 11.5 Å². The molecule has 0 N–H and O–H groups in total. The topological polar surface area (TPSA) is 72.2 Å². The smallest absolute Gasteiger partial charge is 0.314 e. The van der Waals surface area contributed by atoms with Gasteiger partial charge in [-0.15, -0.1) is 0 Å². The van der Waals surface area contributed by atoms with Crippen molar-refractivity contribution < 1.29 is 14.3 Å². The van der Waals surface area contributed by atoms with Gasteiger partial charge in [-0.1, -0.05) is 71.6 Å². The van der Waals surface area contributed by atoms with Crippen molar-refractivity contribution in [3.05, 3.63) is 42.6 Å². The fourth-order valence-electron chi connectivity index (χ4n) is 5.32. The second-order valence-corrected chi connectivity index (χ2v) is 10.9. The van der Waals surface area contributed by atoms with Crippen LogP contribution in [0.25, 0.3) is 11.3 Å². The Kier molecular flexibility index (Phi) is 12.6. The van der Waals surface area contributed by atoms with Crippen LogP contribution in [-0.4, -0.2) is 17.6 Å². The molecule has 1 aliphatic rings. The molecule has 0 saturated heterocycles. The third kappa shape index (κ3) is 9.46. The average Bonchev–Trinajstić information content (AvgIpc) is 2.96. The van der Waals surface area contributed by atoms with Gasteiger partial charge < -0.3 is 9.47 Å². The molecule has 0 aliphatic heterocycles. The number of unbranched alkanes of at least 4 members (excludes halogenated alkanes) is 8. The molecule has 0 radical (unpaired) electrons. The van der Waals surface area contributed by atoms with Crippen LogP contribution in [0.3, 0.4) is 0 Å². The number of pyridine rings is 1. The van der Waals surface area contributed by atoms with Gasteiger partial charge in [-0.05, 0) is 74.9 Å². The SMILES string of the molecule is CCCCCCCOc1ccc(-c2ccc(OC(=O)[C@H]3CC[C@@](C#N)(CCCCCCC)CC3)cc2)nc1. The van der Waals surface area contributed by atoms with Gasteiger partial charge in [0, 0.05) is 5.56 Å². The van der Waals surface area contributed by atoms with Crippen LogP contribution in [0.4, 0.5) is 0 Å². The van der Waals surface area contributed by atoms with E-state index in [9.17, 15) is 10.1 Å². The quantitative estimate of drug-likeness (QED) is 0.126. The van der Waals surface area contributed by atoms with Crippen molar-refractivity contribution in [2.75, 3.05) is 6.61 Å². The molecule has 0 unspecified atom stereocenters. The van der Waals surface area contributed by atoms with E-state index in [0.29, 0.717) is 5.75 Å². The van der Waals surface area contributed by atoms with Crippen LogP contribution in [0.1, 0.15) is 110 Å². The van der Waals surface area contributed by atoms with E-state index in [1.165, 1.54) is 51.4 Å². The lowest BCUT2D eigenvalue weighted by Gasteiger charge is -2.34. The molecule has 206 valence electrons. The fraction of sp³-hybridized carbons (Fsp3) is 0.606. The van der Waals surface area contributed by atoms with Crippen molar-refractivity contribution in [3.63, 3.8) is 0 Å². The molecule has 0 bridgehead atoms. The second-order valence-electron chi connectivity index (χ2n) is 10.9. The van der Waals surface area contributed by atoms with Crippen LogP contribution in [0.15, 0.2) is 42.6 Å². The first kappa shape index (κ1) is 29.7. The number of nitriles is 1. The van der Waals surface area contributed by atoms with E-state index in [1.807, 2.05) is 36.4 Å². The van der Waals surface area contributed by atoms with Gasteiger partial charge in [0.2, 0.25) is 0 Å². The molecule has 5 heteroatoms. The van der Waals surface area contributed by atoms with Gasteiger partial charge >= 0.3 is 5.97 Å². The zero-order chi connectivity index (χ0) is 27.1. The molecule has 1 aromatic heterocycles. The maximum Gasteiger partial charge on any atom is 0.314 e. The molecule has 1 fully saturated rings. The minimum Gasteiger partial charge on any atom is -0.492 e. The number of carbonyl (C=O) groups is 1. The maximum atomic E-state index is 12.8. The van der Waals surface area contributed by atoms with E-state index >= 15 is 0 Å². The van der Waals surface area contributed by atoms with E-state index in [-0.39, 0.29) is 17.3 Å². The largest absolute Gasteiger partial charge is 0.492 e. The monoisotopic (exact) mass is 518 g/mol. The average molecular weight is 519 g/mol. The normalized spacial score (nSPS) is 19.0. The molecule has 3 rings (SSSR count). The Hall–Kier alpha value is -2.87. The number of ether oxygens (including phenoxy) is 2. The first-order valence-corrected chi connectivity index (χ1v) is 14.9. The van der Waals surface area contributed by atoms with Gasteiger partial charge in [0.15, 0.2) is 0 Å². The minimum atomic E-state index is -0.257. The molecule has 0 amide bonds. The highest BCUT2D eigenvalue weighted by Gasteiger charge is 2.37.